The smallest absolute Gasteiger partial charge is 0.132 e. The number of hydrogen-bond acceptors (Lipinski definition) is 4. The number of rotatable bonds is 5. The van der Waals surface area contributed by atoms with Crippen molar-refractivity contribution in [2.45, 2.75) is 39.2 Å². The first kappa shape index (κ1) is 12.3. The first-order valence-electron chi connectivity index (χ1n) is 6.57. The van der Waals surface area contributed by atoms with E-state index in [9.17, 15) is 0 Å². The van der Waals surface area contributed by atoms with Gasteiger partial charge in [-0.3, -0.25) is 0 Å². The Kier molecular flexibility index (Phi) is 4.31. The Balaban J connectivity index is 2.04. The average Bonchev–Trinajstić information content (AvgIpc) is 2.81. The highest BCUT2D eigenvalue weighted by Crippen LogP contribution is 2.14. The summed E-state index contributed by atoms with van der Waals surface area (Å²) in [5, 5.41) is 3.54. The Morgan fingerprint density at radius 3 is 3.06 bits per heavy atom. The van der Waals surface area contributed by atoms with Crippen molar-refractivity contribution in [1.29, 1.82) is 0 Å². The molecule has 1 aromatic heterocycles. The molecule has 0 aliphatic carbocycles. The Morgan fingerprint density at radius 1 is 1.53 bits per heavy atom. The van der Waals surface area contributed by atoms with Gasteiger partial charge in [0.05, 0.1) is 0 Å². The molecule has 1 atom stereocenters. The van der Waals surface area contributed by atoms with Crippen molar-refractivity contribution >= 4 is 5.82 Å². The van der Waals surface area contributed by atoms with E-state index in [0.717, 1.165) is 37.7 Å². The molecule has 2 heterocycles. The van der Waals surface area contributed by atoms with E-state index < -0.39 is 0 Å². The monoisotopic (exact) mass is 234 g/mol. The number of aryl methyl sites for hydroxylation is 1. The summed E-state index contributed by atoms with van der Waals surface area (Å²) in [4.78, 5) is 11.1. The maximum Gasteiger partial charge on any atom is 0.132 e. The Hall–Kier alpha value is -1.16. The van der Waals surface area contributed by atoms with Crippen LogP contribution in [0, 0.1) is 6.92 Å². The maximum absolute atomic E-state index is 4.52. The minimum Gasteiger partial charge on any atom is -0.355 e. The molecule has 1 N–H and O–H groups in total. The topological polar surface area (TPSA) is 41.0 Å². The molecule has 0 saturated carbocycles. The van der Waals surface area contributed by atoms with Crippen LogP contribution in [0.4, 0.5) is 5.82 Å². The molecule has 4 heteroatoms. The molecular weight excluding hydrogens is 212 g/mol. The Bertz CT molecular complexity index is 347. The molecule has 1 aliphatic heterocycles. The third-order valence-corrected chi connectivity index (χ3v) is 3.18. The van der Waals surface area contributed by atoms with E-state index in [4.69, 9.17) is 0 Å². The van der Waals surface area contributed by atoms with Gasteiger partial charge in [-0.15, -0.1) is 0 Å². The largest absolute Gasteiger partial charge is 0.355 e. The lowest BCUT2D eigenvalue weighted by Crippen LogP contribution is -2.38. The van der Waals surface area contributed by atoms with Gasteiger partial charge in [-0.1, -0.05) is 6.92 Å². The normalized spacial score (nSPS) is 19.5. The molecule has 0 spiro atoms. The highest BCUT2D eigenvalue weighted by Gasteiger charge is 2.18. The zero-order chi connectivity index (χ0) is 12.1. The molecule has 17 heavy (non-hydrogen) atoms. The van der Waals surface area contributed by atoms with Gasteiger partial charge < -0.3 is 10.2 Å². The quantitative estimate of drug-likeness (QED) is 0.843. The van der Waals surface area contributed by atoms with Crippen molar-refractivity contribution in [3.05, 3.63) is 18.1 Å². The first-order chi connectivity index (χ1) is 8.29. The Labute approximate surface area is 103 Å². The molecule has 1 saturated heterocycles. The summed E-state index contributed by atoms with van der Waals surface area (Å²) in [5.41, 5.74) is 0. The zero-order valence-electron chi connectivity index (χ0n) is 10.8. The molecule has 0 amide bonds. The number of aromatic nitrogens is 2. The van der Waals surface area contributed by atoms with Crippen molar-refractivity contribution in [2.24, 2.45) is 0 Å². The summed E-state index contributed by atoms with van der Waals surface area (Å²) in [6.45, 7) is 7.44. The molecule has 1 aromatic rings. The van der Waals surface area contributed by atoms with Gasteiger partial charge >= 0.3 is 0 Å². The lowest BCUT2D eigenvalue weighted by molar-refractivity contribution is 0.574. The van der Waals surface area contributed by atoms with Crippen molar-refractivity contribution in [3.8, 4) is 0 Å². The highest BCUT2D eigenvalue weighted by atomic mass is 15.2. The van der Waals surface area contributed by atoms with E-state index in [1.165, 1.54) is 12.8 Å². The van der Waals surface area contributed by atoms with Crippen LogP contribution in [0.3, 0.4) is 0 Å². The maximum atomic E-state index is 4.52. The SMILES string of the molecule is CCCN(CC1CCCN1)c1ccnc(C)n1. The van der Waals surface area contributed by atoms with E-state index in [1.54, 1.807) is 0 Å². The summed E-state index contributed by atoms with van der Waals surface area (Å²) in [7, 11) is 0. The van der Waals surface area contributed by atoms with Gasteiger partial charge in [-0.2, -0.15) is 0 Å². The van der Waals surface area contributed by atoms with E-state index >= 15 is 0 Å². The fourth-order valence-electron chi connectivity index (χ4n) is 2.37. The standard InChI is InChI=1S/C13H22N4/c1-3-9-17(10-12-5-4-7-15-12)13-6-8-14-11(2)16-13/h6,8,12,15H,3-5,7,9-10H2,1-2H3. The molecule has 2 rings (SSSR count). The van der Waals surface area contributed by atoms with Gasteiger partial charge in [0.25, 0.3) is 0 Å². The van der Waals surface area contributed by atoms with Crippen molar-refractivity contribution in [1.82, 2.24) is 15.3 Å². The summed E-state index contributed by atoms with van der Waals surface area (Å²) < 4.78 is 0. The average molecular weight is 234 g/mol. The van der Waals surface area contributed by atoms with Crippen LogP contribution in [0.5, 0.6) is 0 Å². The van der Waals surface area contributed by atoms with Crippen molar-refractivity contribution in [3.63, 3.8) is 0 Å². The van der Waals surface area contributed by atoms with Crippen LogP contribution in [0.25, 0.3) is 0 Å². The number of hydrogen-bond donors (Lipinski definition) is 1. The van der Waals surface area contributed by atoms with Crippen LogP contribution in [0.15, 0.2) is 12.3 Å². The predicted octanol–water partition coefficient (Wildman–Crippen LogP) is 1.75. The molecular formula is C13H22N4. The number of nitrogens with one attached hydrogen (secondary N) is 1. The molecule has 0 radical (unpaired) electrons. The predicted molar refractivity (Wildman–Crippen MR) is 70.3 cm³/mol. The third-order valence-electron chi connectivity index (χ3n) is 3.18. The summed E-state index contributed by atoms with van der Waals surface area (Å²) >= 11 is 0. The summed E-state index contributed by atoms with van der Waals surface area (Å²) in [5.74, 6) is 1.91. The summed E-state index contributed by atoms with van der Waals surface area (Å²) in [6, 6.07) is 2.63. The second-order valence-electron chi connectivity index (χ2n) is 4.70. The number of anilines is 1. The first-order valence-corrected chi connectivity index (χ1v) is 6.57. The molecule has 4 nitrogen and oxygen atoms in total. The van der Waals surface area contributed by atoms with Gasteiger partial charge in [0.15, 0.2) is 0 Å². The number of nitrogens with zero attached hydrogens (tertiary/aromatic N) is 3. The second-order valence-corrected chi connectivity index (χ2v) is 4.70. The van der Waals surface area contributed by atoms with Gasteiger partial charge in [-0.05, 0) is 38.8 Å². The lowest BCUT2D eigenvalue weighted by atomic mass is 10.2. The zero-order valence-corrected chi connectivity index (χ0v) is 10.8. The van der Waals surface area contributed by atoms with Crippen LogP contribution < -0.4 is 10.2 Å². The second kappa shape index (κ2) is 5.96. The van der Waals surface area contributed by atoms with Crippen LogP contribution >= 0.6 is 0 Å². The molecule has 1 aliphatic rings. The lowest BCUT2D eigenvalue weighted by Gasteiger charge is -2.26. The van der Waals surface area contributed by atoms with E-state index in [2.05, 4.69) is 27.1 Å². The van der Waals surface area contributed by atoms with Gasteiger partial charge in [0, 0.05) is 25.3 Å². The minimum atomic E-state index is 0.622. The molecule has 1 unspecified atom stereocenters. The van der Waals surface area contributed by atoms with E-state index in [-0.39, 0.29) is 0 Å². The van der Waals surface area contributed by atoms with Crippen molar-refractivity contribution < 1.29 is 0 Å². The molecule has 94 valence electrons. The van der Waals surface area contributed by atoms with Crippen LogP contribution in [-0.4, -0.2) is 35.6 Å². The van der Waals surface area contributed by atoms with E-state index in [0.29, 0.717) is 6.04 Å². The van der Waals surface area contributed by atoms with Gasteiger partial charge in [0.1, 0.15) is 11.6 Å². The summed E-state index contributed by atoms with van der Waals surface area (Å²) in [6.07, 6.45) is 5.58. The molecule has 1 fully saturated rings. The van der Waals surface area contributed by atoms with Crippen LogP contribution in [0.1, 0.15) is 32.0 Å². The minimum absolute atomic E-state index is 0.622. The molecule has 0 bridgehead atoms. The van der Waals surface area contributed by atoms with Gasteiger partial charge in [-0.25, -0.2) is 9.97 Å². The highest BCUT2D eigenvalue weighted by molar-refractivity contribution is 5.37. The third kappa shape index (κ3) is 3.40. The van der Waals surface area contributed by atoms with E-state index in [1.807, 2.05) is 19.2 Å². The van der Waals surface area contributed by atoms with Crippen LogP contribution in [0.2, 0.25) is 0 Å². The van der Waals surface area contributed by atoms with Gasteiger partial charge in [0.2, 0.25) is 0 Å². The van der Waals surface area contributed by atoms with Crippen molar-refractivity contribution in [2.75, 3.05) is 24.5 Å². The molecule has 0 aromatic carbocycles. The fraction of sp³-hybridized carbons (Fsp3) is 0.692. The fourth-order valence-corrected chi connectivity index (χ4v) is 2.37. The van der Waals surface area contributed by atoms with Crippen LogP contribution in [-0.2, 0) is 0 Å². The Morgan fingerprint density at radius 2 is 2.41 bits per heavy atom.